The van der Waals surface area contributed by atoms with Crippen molar-refractivity contribution in [2.24, 2.45) is 11.5 Å². The van der Waals surface area contributed by atoms with Crippen LogP contribution in [0.2, 0.25) is 0 Å². The molecule has 0 saturated heterocycles. The van der Waals surface area contributed by atoms with E-state index in [1.165, 1.54) is 44.9 Å². The lowest BCUT2D eigenvalue weighted by Gasteiger charge is -2.34. The average Bonchev–Trinajstić information content (AvgIpc) is 2.92. The molecule has 43 heavy (non-hydrogen) atoms. The summed E-state index contributed by atoms with van der Waals surface area (Å²) in [6.07, 6.45) is 19.6. The first-order valence-electron chi connectivity index (χ1n) is 16.4. The van der Waals surface area contributed by atoms with Crippen LogP contribution >= 0.6 is 0 Å². The second kappa shape index (κ2) is 23.7. The summed E-state index contributed by atoms with van der Waals surface area (Å²) in [6, 6.07) is 0. The van der Waals surface area contributed by atoms with Crippen molar-refractivity contribution in [2.75, 3.05) is 6.54 Å². The maximum Gasteiger partial charge on any atom is 0.342 e. The number of nitrogens with two attached hydrogens (primary N) is 2. The summed E-state index contributed by atoms with van der Waals surface area (Å²) in [5.74, 6) is -3.90. The van der Waals surface area contributed by atoms with Gasteiger partial charge in [-0.25, -0.2) is 4.79 Å². The number of imide groups is 1. The number of esters is 1. The minimum atomic E-state index is -2.11. The second-order valence-corrected chi connectivity index (χ2v) is 12.4. The van der Waals surface area contributed by atoms with Gasteiger partial charge in [0.2, 0.25) is 23.3 Å². The van der Waals surface area contributed by atoms with E-state index < -0.39 is 40.7 Å². The van der Waals surface area contributed by atoms with E-state index in [0.29, 0.717) is 25.8 Å². The van der Waals surface area contributed by atoms with Crippen LogP contribution in [0.5, 0.6) is 0 Å². The molecule has 1 atom stereocenters. The van der Waals surface area contributed by atoms with Gasteiger partial charge < -0.3 is 21.5 Å². The first kappa shape index (κ1) is 40.2. The third kappa shape index (κ3) is 20.7. The molecule has 0 bridgehead atoms. The molecule has 0 fully saturated rings. The minimum Gasteiger partial charge on any atom is -0.458 e. The highest BCUT2D eigenvalue weighted by molar-refractivity contribution is 6.14. The highest BCUT2D eigenvalue weighted by Gasteiger charge is 2.50. The average molecular weight is 609 g/mol. The molecular formula is C33H60N4O6. The van der Waals surface area contributed by atoms with Gasteiger partial charge in [0.05, 0.1) is 0 Å². The molecule has 248 valence electrons. The van der Waals surface area contributed by atoms with Gasteiger partial charge in [-0.3, -0.25) is 24.5 Å². The zero-order chi connectivity index (χ0) is 32.6. The van der Waals surface area contributed by atoms with Crippen LogP contribution in [-0.2, 0) is 28.7 Å². The third-order valence-corrected chi connectivity index (χ3v) is 7.01. The number of carbonyl (C=O) groups excluding carboxylic acids is 5. The molecule has 0 aromatic rings. The number of allylic oxidation sites excluding steroid dienone is 2. The molecule has 6 N–H and O–H groups in total. The van der Waals surface area contributed by atoms with Gasteiger partial charge in [0.15, 0.2) is 0 Å². The van der Waals surface area contributed by atoms with E-state index in [0.717, 1.165) is 32.1 Å². The number of ether oxygens (including phenoxy) is 1. The van der Waals surface area contributed by atoms with Crippen molar-refractivity contribution in [1.29, 1.82) is 0 Å². The number of unbranched alkanes of at least 4 members (excludes halogenated alkanes) is 12. The Balaban J connectivity index is 4.96. The van der Waals surface area contributed by atoms with Crippen LogP contribution in [-0.4, -0.2) is 47.3 Å². The molecule has 0 aromatic heterocycles. The highest BCUT2D eigenvalue weighted by Crippen LogP contribution is 2.22. The smallest absolute Gasteiger partial charge is 0.342 e. The quantitative estimate of drug-likeness (QED) is 0.0474. The summed E-state index contributed by atoms with van der Waals surface area (Å²) in [4.78, 5) is 63.2. The van der Waals surface area contributed by atoms with Crippen molar-refractivity contribution in [3.63, 3.8) is 0 Å². The second-order valence-electron chi connectivity index (χ2n) is 12.4. The van der Waals surface area contributed by atoms with Gasteiger partial charge in [-0.05, 0) is 78.7 Å². The van der Waals surface area contributed by atoms with Crippen LogP contribution in [0.4, 0.5) is 0 Å². The Kier molecular flexibility index (Phi) is 22.2. The van der Waals surface area contributed by atoms with Crippen LogP contribution in [0.1, 0.15) is 150 Å². The van der Waals surface area contributed by atoms with E-state index in [1.54, 1.807) is 20.8 Å². The molecule has 0 spiro atoms. The molecule has 0 rings (SSSR count). The number of nitrogens with one attached hydrogen (secondary N) is 2. The van der Waals surface area contributed by atoms with Gasteiger partial charge in [-0.15, -0.1) is 0 Å². The number of rotatable bonds is 25. The number of hydrogen-bond acceptors (Lipinski definition) is 7. The first-order valence-corrected chi connectivity index (χ1v) is 16.4. The summed E-state index contributed by atoms with van der Waals surface area (Å²) in [5.41, 5.74) is 7.67. The van der Waals surface area contributed by atoms with Crippen LogP contribution < -0.4 is 22.1 Å². The Bertz CT molecular complexity index is 868. The standard InChI is InChI=1S/C33H60N4O6/c1-5-6-7-8-9-10-11-12-13-14-15-16-17-18-19-22-29(40)37-33(25-20-21-26-34,31(42)43-32(2,3)4)30(41)36-28(39)24-23-27(35)38/h13-14H,5-12,15-26,34H2,1-4H3,(H2,35,38)(H,37,40)(H,36,39,41)/t33-/m0/s1. The lowest BCUT2D eigenvalue weighted by molar-refractivity contribution is -0.168. The molecular weight excluding hydrogens is 548 g/mol. The minimum absolute atomic E-state index is 0.0923. The third-order valence-electron chi connectivity index (χ3n) is 7.01. The molecule has 0 unspecified atom stereocenters. The van der Waals surface area contributed by atoms with E-state index in [1.807, 2.05) is 0 Å². The summed E-state index contributed by atoms with van der Waals surface area (Å²) in [5, 5.41) is 4.77. The van der Waals surface area contributed by atoms with Gasteiger partial charge in [0.1, 0.15) is 5.60 Å². The van der Waals surface area contributed by atoms with Crippen molar-refractivity contribution in [1.82, 2.24) is 10.6 Å². The Morgan fingerprint density at radius 1 is 0.698 bits per heavy atom. The fraction of sp³-hybridized carbons (Fsp3) is 0.788. The van der Waals surface area contributed by atoms with Crippen molar-refractivity contribution in [3.05, 3.63) is 12.2 Å². The molecule has 0 aliphatic carbocycles. The molecule has 0 aliphatic heterocycles. The molecule has 0 heterocycles. The fourth-order valence-electron chi connectivity index (χ4n) is 4.57. The van der Waals surface area contributed by atoms with E-state index in [9.17, 15) is 24.0 Å². The monoisotopic (exact) mass is 608 g/mol. The van der Waals surface area contributed by atoms with Crippen molar-refractivity contribution >= 4 is 29.6 Å². The molecule has 10 heteroatoms. The molecule has 0 aliphatic rings. The number of hydrogen-bond donors (Lipinski definition) is 4. The Morgan fingerprint density at radius 2 is 1.26 bits per heavy atom. The Labute approximate surface area is 259 Å². The topological polar surface area (TPSA) is 171 Å². The van der Waals surface area contributed by atoms with Crippen molar-refractivity contribution in [3.8, 4) is 0 Å². The summed E-state index contributed by atoms with van der Waals surface area (Å²) in [7, 11) is 0. The Hall–Kier alpha value is -2.75. The highest BCUT2D eigenvalue weighted by atomic mass is 16.6. The van der Waals surface area contributed by atoms with Gasteiger partial charge in [0.25, 0.3) is 5.91 Å². The molecule has 0 radical (unpaired) electrons. The maximum absolute atomic E-state index is 13.4. The van der Waals surface area contributed by atoms with Gasteiger partial charge in [-0.1, -0.05) is 70.4 Å². The van der Waals surface area contributed by atoms with Crippen LogP contribution in [0.3, 0.4) is 0 Å². The van der Waals surface area contributed by atoms with E-state index in [4.69, 9.17) is 16.2 Å². The fourth-order valence-corrected chi connectivity index (χ4v) is 4.57. The molecule has 10 nitrogen and oxygen atoms in total. The predicted octanol–water partition coefficient (Wildman–Crippen LogP) is 5.26. The summed E-state index contributed by atoms with van der Waals surface area (Å²) < 4.78 is 5.53. The lowest BCUT2D eigenvalue weighted by atomic mass is 9.90. The van der Waals surface area contributed by atoms with Crippen LogP contribution in [0.15, 0.2) is 12.2 Å². The number of amides is 4. The van der Waals surface area contributed by atoms with Gasteiger partial charge >= 0.3 is 5.97 Å². The first-order chi connectivity index (χ1) is 20.4. The van der Waals surface area contributed by atoms with Crippen LogP contribution in [0, 0.1) is 0 Å². The lowest BCUT2D eigenvalue weighted by Crippen LogP contribution is -2.65. The largest absolute Gasteiger partial charge is 0.458 e. The molecule has 0 aromatic carbocycles. The Morgan fingerprint density at radius 3 is 1.79 bits per heavy atom. The zero-order valence-corrected chi connectivity index (χ0v) is 27.4. The number of primary amides is 1. The molecule has 4 amide bonds. The summed E-state index contributed by atoms with van der Waals surface area (Å²) >= 11 is 0. The van der Waals surface area contributed by atoms with E-state index in [-0.39, 0.29) is 25.7 Å². The van der Waals surface area contributed by atoms with Gasteiger partial charge in [-0.2, -0.15) is 0 Å². The predicted molar refractivity (Wildman–Crippen MR) is 171 cm³/mol. The van der Waals surface area contributed by atoms with Crippen molar-refractivity contribution < 1.29 is 28.7 Å². The zero-order valence-electron chi connectivity index (χ0n) is 27.4. The van der Waals surface area contributed by atoms with Crippen molar-refractivity contribution in [2.45, 2.75) is 161 Å². The SMILES string of the molecule is CCCCCCCCCC=CCCCCCCC(=O)N[C@@](CCCCN)(C(=O)NC(=O)CCC(N)=O)C(=O)OC(C)(C)C. The van der Waals surface area contributed by atoms with E-state index in [2.05, 4.69) is 29.7 Å². The molecule has 0 saturated carbocycles. The van der Waals surface area contributed by atoms with Gasteiger partial charge in [0, 0.05) is 19.3 Å². The maximum atomic E-state index is 13.4. The van der Waals surface area contributed by atoms with Crippen LogP contribution in [0.25, 0.3) is 0 Å². The summed E-state index contributed by atoms with van der Waals surface area (Å²) in [6.45, 7) is 7.51. The number of carbonyl (C=O) groups is 5. The normalized spacial score (nSPS) is 13.0. The van der Waals surface area contributed by atoms with E-state index >= 15 is 0 Å².